The third-order valence-corrected chi connectivity index (χ3v) is 2.43. The van der Waals surface area contributed by atoms with Crippen LogP contribution < -0.4 is 5.32 Å². The van der Waals surface area contributed by atoms with E-state index in [1.165, 1.54) is 19.3 Å². The Balaban J connectivity index is 3.43. The molecule has 2 unspecified atom stereocenters. The summed E-state index contributed by atoms with van der Waals surface area (Å²) < 4.78 is 0. The normalized spacial score (nSPS) is 15.1. The van der Waals surface area contributed by atoms with Gasteiger partial charge in [-0.3, -0.25) is 4.79 Å². The van der Waals surface area contributed by atoms with Crippen molar-refractivity contribution in [3.05, 3.63) is 0 Å². The van der Waals surface area contributed by atoms with Crippen LogP contribution in [0.3, 0.4) is 0 Å². The van der Waals surface area contributed by atoms with Crippen molar-refractivity contribution in [3.8, 4) is 0 Å². The van der Waals surface area contributed by atoms with Crippen molar-refractivity contribution in [2.75, 3.05) is 6.54 Å². The molecule has 0 aliphatic heterocycles. The molecule has 0 rings (SSSR count). The molecule has 0 bridgehead atoms. The van der Waals surface area contributed by atoms with Gasteiger partial charge in [0.05, 0.1) is 5.92 Å². The highest BCUT2D eigenvalue weighted by atomic mass is 16.4. The first kappa shape index (κ1) is 13.4. The maximum atomic E-state index is 10.5. The number of carbonyl (C=O) groups is 1. The molecule has 3 nitrogen and oxygen atoms in total. The second-order valence-corrected chi connectivity index (χ2v) is 4.04. The molecule has 3 heteroatoms. The molecule has 0 saturated carbocycles. The van der Waals surface area contributed by atoms with Gasteiger partial charge in [0.15, 0.2) is 0 Å². The van der Waals surface area contributed by atoms with E-state index < -0.39 is 5.97 Å². The van der Waals surface area contributed by atoms with Gasteiger partial charge in [-0.15, -0.1) is 0 Å². The number of aliphatic carboxylic acids is 1. The minimum atomic E-state index is -0.724. The van der Waals surface area contributed by atoms with Gasteiger partial charge < -0.3 is 10.4 Å². The van der Waals surface area contributed by atoms with Crippen LogP contribution in [0, 0.1) is 5.92 Å². The molecule has 0 saturated heterocycles. The van der Waals surface area contributed by atoms with Gasteiger partial charge in [0.25, 0.3) is 0 Å². The van der Waals surface area contributed by atoms with E-state index in [-0.39, 0.29) is 5.92 Å². The summed E-state index contributed by atoms with van der Waals surface area (Å²) >= 11 is 0. The van der Waals surface area contributed by atoms with Gasteiger partial charge >= 0.3 is 5.97 Å². The van der Waals surface area contributed by atoms with Crippen molar-refractivity contribution in [3.63, 3.8) is 0 Å². The summed E-state index contributed by atoms with van der Waals surface area (Å²) in [5, 5.41) is 11.9. The second kappa shape index (κ2) is 7.80. The maximum Gasteiger partial charge on any atom is 0.307 e. The molecular formula is C11H23NO2. The highest BCUT2D eigenvalue weighted by Gasteiger charge is 2.11. The summed E-state index contributed by atoms with van der Waals surface area (Å²) in [4.78, 5) is 10.5. The van der Waals surface area contributed by atoms with Crippen LogP contribution in [0.1, 0.15) is 46.5 Å². The van der Waals surface area contributed by atoms with Gasteiger partial charge in [0.1, 0.15) is 0 Å². The van der Waals surface area contributed by atoms with E-state index >= 15 is 0 Å². The van der Waals surface area contributed by atoms with E-state index in [1.54, 1.807) is 6.92 Å². The summed E-state index contributed by atoms with van der Waals surface area (Å²) in [6.45, 7) is 6.60. The van der Waals surface area contributed by atoms with E-state index in [0.29, 0.717) is 12.6 Å². The fourth-order valence-electron chi connectivity index (χ4n) is 1.27. The van der Waals surface area contributed by atoms with E-state index in [1.807, 2.05) is 0 Å². The number of hydrogen-bond donors (Lipinski definition) is 2. The van der Waals surface area contributed by atoms with Crippen molar-refractivity contribution in [2.45, 2.75) is 52.5 Å². The van der Waals surface area contributed by atoms with Crippen LogP contribution in [0.5, 0.6) is 0 Å². The summed E-state index contributed by atoms with van der Waals surface area (Å²) in [6, 6.07) is 0.434. The Morgan fingerprint density at radius 2 is 2.00 bits per heavy atom. The minimum absolute atomic E-state index is 0.288. The van der Waals surface area contributed by atoms with E-state index in [4.69, 9.17) is 5.11 Å². The number of carboxylic acids is 1. The van der Waals surface area contributed by atoms with Crippen molar-refractivity contribution >= 4 is 5.97 Å². The van der Waals surface area contributed by atoms with Crippen LogP contribution in [0.4, 0.5) is 0 Å². The first-order chi connectivity index (χ1) is 6.57. The standard InChI is InChI=1S/C11H23NO2/c1-4-5-6-7-10(3)12-8-9(2)11(13)14/h9-10,12H,4-8H2,1-3H3,(H,13,14). The average molecular weight is 201 g/mol. The topological polar surface area (TPSA) is 49.3 Å². The van der Waals surface area contributed by atoms with Gasteiger partial charge in [0.2, 0.25) is 0 Å². The number of nitrogens with one attached hydrogen (secondary N) is 1. The van der Waals surface area contributed by atoms with E-state index in [9.17, 15) is 4.79 Å². The largest absolute Gasteiger partial charge is 0.481 e. The van der Waals surface area contributed by atoms with E-state index in [0.717, 1.165) is 6.42 Å². The van der Waals surface area contributed by atoms with Crippen LogP contribution >= 0.6 is 0 Å². The molecule has 0 radical (unpaired) electrons. The molecule has 0 aromatic rings. The lowest BCUT2D eigenvalue weighted by molar-refractivity contribution is -0.140. The van der Waals surface area contributed by atoms with Crippen LogP contribution in [-0.2, 0) is 4.79 Å². The van der Waals surface area contributed by atoms with Crippen LogP contribution in [0.15, 0.2) is 0 Å². The molecule has 0 spiro atoms. The van der Waals surface area contributed by atoms with Crippen molar-refractivity contribution in [1.29, 1.82) is 0 Å². The third-order valence-electron chi connectivity index (χ3n) is 2.43. The molecule has 14 heavy (non-hydrogen) atoms. The fraction of sp³-hybridized carbons (Fsp3) is 0.909. The molecule has 2 atom stereocenters. The van der Waals surface area contributed by atoms with Gasteiger partial charge in [-0.05, 0) is 13.3 Å². The zero-order valence-electron chi connectivity index (χ0n) is 9.55. The monoisotopic (exact) mass is 201 g/mol. The molecule has 0 aliphatic carbocycles. The molecule has 84 valence electrons. The van der Waals surface area contributed by atoms with Crippen molar-refractivity contribution in [2.24, 2.45) is 5.92 Å². The highest BCUT2D eigenvalue weighted by Crippen LogP contribution is 2.03. The summed E-state index contributed by atoms with van der Waals surface area (Å²) in [5.74, 6) is -1.01. The zero-order chi connectivity index (χ0) is 11.0. The predicted octanol–water partition coefficient (Wildman–Crippen LogP) is 2.27. The lowest BCUT2D eigenvalue weighted by atomic mass is 10.1. The number of unbranched alkanes of at least 4 members (excludes halogenated alkanes) is 2. The van der Waals surface area contributed by atoms with Gasteiger partial charge in [-0.25, -0.2) is 0 Å². The number of hydrogen-bond acceptors (Lipinski definition) is 2. The summed E-state index contributed by atoms with van der Waals surface area (Å²) in [6.07, 6.45) is 4.87. The lowest BCUT2D eigenvalue weighted by Crippen LogP contribution is -2.33. The molecule has 2 N–H and O–H groups in total. The Bertz CT molecular complexity index is 159. The Morgan fingerprint density at radius 3 is 2.50 bits per heavy atom. The highest BCUT2D eigenvalue weighted by molar-refractivity contribution is 5.69. The SMILES string of the molecule is CCCCCC(C)NCC(C)C(=O)O. The summed E-state index contributed by atoms with van der Waals surface area (Å²) in [5.41, 5.74) is 0. The number of carboxylic acid groups (broad SMARTS) is 1. The smallest absolute Gasteiger partial charge is 0.307 e. The van der Waals surface area contributed by atoms with Crippen LogP contribution in [0.2, 0.25) is 0 Å². The maximum absolute atomic E-state index is 10.5. The zero-order valence-corrected chi connectivity index (χ0v) is 9.55. The Kier molecular flexibility index (Phi) is 7.48. The molecule has 0 aromatic carbocycles. The first-order valence-corrected chi connectivity index (χ1v) is 5.54. The Hall–Kier alpha value is -0.570. The van der Waals surface area contributed by atoms with Crippen LogP contribution in [-0.4, -0.2) is 23.7 Å². The van der Waals surface area contributed by atoms with Gasteiger partial charge in [-0.2, -0.15) is 0 Å². The predicted molar refractivity (Wildman–Crippen MR) is 58.4 cm³/mol. The quantitative estimate of drug-likeness (QED) is 0.592. The van der Waals surface area contributed by atoms with Gasteiger partial charge in [-0.1, -0.05) is 33.1 Å². The second-order valence-electron chi connectivity index (χ2n) is 4.04. The Morgan fingerprint density at radius 1 is 1.36 bits per heavy atom. The third kappa shape index (κ3) is 6.89. The van der Waals surface area contributed by atoms with Gasteiger partial charge in [0, 0.05) is 12.6 Å². The molecule has 0 heterocycles. The van der Waals surface area contributed by atoms with Crippen LogP contribution in [0.25, 0.3) is 0 Å². The minimum Gasteiger partial charge on any atom is -0.481 e. The molecular weight excluding hydrogens is 178 g/mol. The molecule has 0 aromatic heterocycles. The first-order valence-electron chi connectivity index (χ1n) is 5.54. The Labute approximate surface area is 86.9 Å². The van der Waals surface area contributed by atoms with Crippen molar-refractivity contribution < 1.29 is 9.90 Å². The fourth-order valence-corrected chi connectivity index (χ4v) is 1.27. The molecule has 0 aliphatic rings. The number of rotatable bonds is 8. The van der Waals surface area contributed by atoms with Crippen molar-refractivity contribution in [1.82, 2.24) is 5.32 Å². The molecule has 0 amide bonds. The average Bonchev–Trinajstić information content (AvgIpc) is 2.14. The molecule has 0 fully saturated rings. The van der Waals surface area contributed by atoms with E-state index in [2.05, 4.69) is 19.2 Å². The lowest BCUT2D eigenvalue weighted by Gasteiger charge is -2.15. The summed E-state index contributed by atoms with van der Waals surface area (Å²) in [7, 11) is 0.